The van der Waals surface area contributed by atoms with Crippen molar-refractivity contribution in [1.29, 1.82) is 0 Å². The first kappa shape index (κ1) is 38.2. The van der Waals surface area contributed by atoms with E-state index in [1.165, 1.54) is 12.8 Å². The van der Waals surface area contributed by atoms with Gasteiger partial charge in [0.2, 0.25) is 5.88 Å². The zero-order valence-corrected chi connectivity index (χ0v) is 32.4. The molecule has 2 atom stereocenters. The molecule has 3 aliphatic rings. The van der Waals surface area contributed by atoms with Gasteiger partial charge in [-0.15, -0.1) is 0 Å². The number of rotatable bonds is 10. The highest BCUT2D eigenvalue weighted by molar-refractivity contribution is 6.03. The summed E-state index contributed by atoms with van der Waals surface area (Å²) in [6, 6.07) is 28.5. The smallest absolute Gasteiger partial charge is 0.352 e. The topological polar surface area (TPSA) is 156 Å². The van der Waals surface area contributed by atoms with Gasteiger partial charge in [0.1, 0.15) is 17.1 Å². The molecule has 9 rings (SSSR count). The first-order chi connectivity index (χ1) is 27.8. The number of aromatic nitrogens is 3. The Morgan fingerprint density at radius 2 is 1.39 bits per heavy atom. The Kier molecular flexibility index (Phi) is 11.3. The van der Waals surface area contributed by atoms with Crippen molar-refractivity contribution < 1.29 is 29.3 Å². The normalized spacial score (nSPS) is 19.9. The van der Waals surface area contributed by atoms with Crippen LogP contribution < -0.4 is 14.8 Å². The fourth-order valence-corrected chi connectivity index (χ4v) is 8.91. The number of carbonyl (C=O) groups is 2. The van der Waals surface area contributed by atoms with Gasteiger partial charge in [-0.25, -0.2) is 9.78 Å². The molecule has 296 valence electrons. The predicted molar refractivity (Wildman–Crippen MR) is 221 cm³/mol. The van der Waals surface area contributed by atoms with Crippen LogP contribution in [0.25, 0.3) is 44.1 Å². The third kappa shape index (κ3) is 8.39. The lowest BCUT2D eigenvalue weighted by Gasteiger charge is -2.39. The summed E-state index contributed by atoms with van der Waals surface area (Å²) in [7, 11) is 3.23. The number of carbonyl (C=O) groups excluding carboxylic acids is 1. The number of methoxy groups -OCH3 is 2. The molecular weight excluding hydrogens is 721 g/mol. The number of fused-ring (bicyclic) bond motifs is 4. The van der Waals surface area contributed by atoms with E-state index in [9.17, 15) is 14.7 Å². The van der Waals surface area contributed by atoms with Crippen LogP contribution >= 0.6 is 0 Å². The van der Waals surface area contributed by atoms with Gasteiger partial charge in [0.25, 0.3) is 5.91 Å². The summed E-state index contributed by atoms with van der Waals surface area (Å²) in [5, 5.41) is 24.3. The Balaban J connectivity index is 0.000000192. The fraction of sp³-hybridized carbons (Fsp3) is 0.356. The third-order valence-electron chi connectivity index (χ3n) is 11.9. The molecule has 3 fully saturated rings. The largest absolute Gasteiger partial charge is 0.497 e. The molecule has 0 radical (unpaired) electrons. The number of carboxylic acids is 1. The minimum absolute atomic E-state index is 0.0289. The first-order valence-corrected chi connectivity index (χ1v) is 19.8. The molecule has 6 aromatic rings. The summed E-state index contributed by atoms with van der Waals surface area (Å²) in [5.41, 5.74) is 6.57. The predicted octanol–water partition coefficient (Wildman–Crippen LogP) is 6.96. The van der Waals surface area contributed by atoms with Crippen LogP contribution in [0.2, 0.25) is 0 Å². The van der Waals surface area contributed by atoms with Crippen molar-refractivity contribution in [2.75, 3.05) is 40.4 Å². The van der Waals surface area contributed by atoms with Crippen LogP contribution in [0.4, 0.5) is 0 Å². The van der Waals surface area contributed by atoms with Gasteiger partial charge >= 0.3 is 5.97 Å². The number of nitrogens with one attached hydrogen (secondary N) is 3. The number of aromatic amines is 2. The van der Waals surface area contributed by atoms with Crippen LogP contribution in [-0.4, -0.2) is 111 Å². The van der Waals surface area contributed by atoms with Gasteiger partial charge < -0.3 is 39.9 Å². The molecule has 0 spiro atoms. The highest BCUT2D eigenvalue weighted by Crippen LogP contribution is 2.36. The van der Waals surface area contributed by atoms with E-state index in [1.807, 2.05) is 66.7 Å². The van der Waals surface area contributed by atoms with E-state index in [0.717, 1.165) is 102 Å². The van der Waals surface area contributed by atoms with Gasteiger partial charge in [0.15, 0.2) is 0 Å². The number of ether oxygens (including phenoxy) is 2. The van der Waals surface area contributed by atoms with Crippen molar-refractivity contribution in [2.24, 2.45) is 0 Å². The van der Waals surface area contributed by atoms with E-state index in [2.05, 4.69) is 36.1 Å². The van der Waals surface area contributed by atoms with E-state index in [0.29, 0.717) is 23.7 Å². The summed E-state index contributed by atoms with van der Waals surface area (Å²) in [6.45, 7) is 4.22. The maximum atomic E-state index is 13.1. The van der Waals surface area contributed by atoms with E-state index in [4.69, 9.17) is 14.6 Å². The lowest BCUT2D eigenvalue weighted by atomic mass is 10.00. The number of carboxylic acid groups (broad SMARTS) is 1. The minimum Gasteiger partial charge on any atom is -0.497 e. The van der Waals surface area contributed by atoms with Gasteiger partial charge in [-0.05, 0) is 97.7 Å². The highest BCUT2D eigenvalue weighted by Gasteiger charge is 2.40. The number of aromatic carboxylic acids is 1. The second kappa shape index (κ2) is 16.8. The molecule has 3 aromatic carbocycles. The second-order valence-electron chi connectivity index (χ2n) is 15.4. The zero-order valence-electron chi connectivity index (χ0n) is 32.4. The van der Waals surface area contributed by atoms with Crippen molar-refractivity contribution in [3.63, 3.8) is 0 Å². The molecule has 5 N–H and O–H groups in total. The SMILES string of the molecule is COc1ccc(-c2cccc3[nH]c(C(=O)NC4CCN(CCN5C6CCC5CC(O)C6)CC4)cc23)cc1.COc1ccc(-c2cccc3[nH]c(C(=O)O)cc23)cn1. The van der Waals surface area contributed by atoms with E-state index in [-0.39, 0.29) is 23.7 Å². The first-order valence-electron chi connectivity index (χ1n) is 19.8. The molecule has 12 nitrogen and oxygen atoms in total. The Labute approximate surface area is 331 Å². The van der Waals surface area contributed by atoms with Crippen molar-refractivity contribution in [2.45, 2.75) is 62.8 Å². The number of benzene rings is 3. The third-order valence-corrected chi connectivity index (χ3v) is 11.9. The molecule has 3 aromatic heterocycles. The molecular formula is C45H50N6O6. The number of hydrogen-bond donors (Lipinski definition) is 5. The second-order valence-corrected chi connectivity index (χ2v) is 15.4. The molecule has 0 saturated carbocycles. The Morgan fingerprint density at radius 1 is 0.772 bits per heavy atom. The van der Waals surface area contributed by atoms with Gasteiger partial charge in [0.05, 0.1) is 20.3 Å². The van der Waals surface area contributed by atoms with Crippen LogP contribution in [-0.2, 0) is 0 Å². The number of piperidine rings is 2. The van der Waals surface area contributed by atoms with Crippen molar-refractivity contribution >= 4 is 33.7 Å². The number of amides is 1. The molecule has 1 amide bonds. The van der Waals surface area contributed by atoms with Gasteiger partial charge in [-0.1, -0.05) is 36.4 Å². The summed E-state index contributed by atoms with van der Waals surface area (Å²) < 4.78 is 10.3. The van der Waals surface area contributed by atoms with E-state index >= 15 is 0 Å². The number of hydrogen-bond acceptors (Lipinski definition) is 8. The Bertz CT molecular complexity index is 2310. The molecule has 2 bridgehead atoms. The number of aliphatic hydroxyl groups excluding tert-OH is 1. The lowest BCUT2D eigenvalue weighted by molar-refractivity contribution is 0.0284. The summed E-state index contributed by atoms with van der Waals surface area (Å²) in [4.78, 5) is 39.8. The van der Waals surface area contributed by atoms with Gasteiger partial charge in [-0.3, -0.25) is 9.69 Å². The monoisotopic (exact) mass is 770 g/mol. The summed E-state index contributed by atoms with van der Waals surface area (Å²) >= 11 is 0. The molecule has 6 heterocycles. The van der Waals surface area contributed by atoms with Crippen LogP contribution in [0.5, 0.6) is 11.6 Å². The van der Waals surface area contributed by atoms with Gasteiger partial charge in [-0.2, -0.15) is 0 Å². The average Bonchev–Trinajstić information content (AvgIpc) is 3.95. The average molecular weight is 771 g/mol. The molecule has 0 aliphatic carbocycles. The van der Waals surface area contributed by atoms with Crippen LogP contribution in [0.1, 0.15) is 59.5 Å². The maximum absolute atomic E-state index is 13.1. The van der Waals surface area contributed by atoms with Crippen LogP contribution in [0.3, 0.4) is 0 Å². The lowest BCUT2D eigenvalue weighted by Crippen LogP contribution is -2.50. The maximum Gasteiger partial charge on any atom is 0.352 e. The molecule has 12 heteroatoms. The molecule has 3 aliphatic heterocycles. The standard InChI is InChI=1S/C30H38N4O3.C15H12N2O3/c1-37-25-9-5-20(6-10-25)26-3-2-4-28-27(26)19-29(32-28)30(36)31-21-11-13-33(14-12-21)15-16-34-22-7-8-23(34)18-24(35)17-22;1-20-14-6-5-9(8-16-14)10-3-2-4-12-11(10)7-13(17-12)15(18)19/h2-6,9-10,19,21-24,32,35H,7-8,11-18H2,1H3,(H,31,36);2-8,17H,1H3,(H,18,19). The van der Waals surface area contributed by atoms with Crippen molar-refractivity contribution in [3.05, 3.63) is 103 Å². The Morgan fingerprint density at radius 3 is 1.98 bits per heavy atom. The summed E-state index contributed by atoms with van der Waals surface area (Å²) in [5.74, 6) is 0.370. The summed E-state index contributed by atoms with van der Waals surface area (Å²) in [6.07, 6.45) is 7.94. The fourth-order valence-electron chi connectivity index (χ4n) is 8.91. The minimum atomic E-state index is -0.972. The number of pyridine rings is 1. The van der Waals surface area contributed by atoms with E-state index < -0.39 is 5.97 Å². The number of aliphatic hydroxyl groups is 1. The number of nitrogens with zero attached hydrogens (tertiary/aromatic N) is 3. The van der Waals surface area contributed by atoms with Crippen LogP contribution in [0, 0.1) is 0 Å². The van der Waals surface area contributed by atoms with Gasteiger partial charge in [0, 0.05) is 83.9 Å². The molecule has 3 saturated heterocycles. The van der Waals surface area contributed by atoms with E-state index in [1.54, 1.807) is 32.5 Å². The molecule has 57 heavy (non-hydrogen) atoms. The number of likely N-dealkylation sites (tertiary alicyclic amines) is 1. The van der Waals surface area contributed by atoms with Crippen LogP contribution in [0.15, 0.2) is 91.1 Å². The van der Waals surface area contributed by atoms with Crippen molar-refractivity contribution in [3.8, 4) is 33.9 Å². The highest BCUT2D eigenvalue weighted by atomic mass is 16.5. The quantitative estimate of drug-likeness (QED) is 0.0994. The van der Waals surface area contributed by atoms with Crippen molar-refractivity contribution in [1.82, 2.24) is 30.1 Å². The Hall–Kier alpha value is -5.69. The number of H-pyrrole nitrogens is 2. The zero-order chi connectivity index (χ0) is 39.5. The molecule has 2 unspecified atom stereocenters.